The molecule has 0 atom stereocenters. The molecule has 0 saturated carbocycles. The lowest BCUT2D eigenvalue weighted by Crippen LogP contribution is -2.28. The second kappa shape index (κ2) is 6.64. The molecule has 0 heterocycles. The number of anilines is 1. The van der Waals surface area contributed by atoms with E-state index in [2.05, 4.69) is 5.43 Å². The van der Waals surface area contributed by atoms with Crippen LogP contribution in [0.3, 0.4) is 0 Å². The third kappa shape index (κ3) is 3.44. The Morgan fingerprint density at radius 2 is 2.10 bits per heavy atom. The number of sulfonamides is 1. The van der Waals surface area contributed by atoms with Gasteiger partial charge < -0.3 is 5.43 Å². The summed E-state index contributed by atoms with van der Waals surface area (Å²) in [5.74, 6) is 5.16. The summed E-state index contributed by atoms with van der Waals surface area (Å²) >= 11 is 0. The average molecular weight is 302 g/mol. The van der Waals surface area contributed by atoms with Crippen molar-refractivity contribution in [2.24, 2.45) is 5.84 Å². The van der Waals surface area contributed by atoms with Gasteiger partial charge in [0.15, 0.2) is 0 Å². The highest BCUT2D eigenvalue weighted by Gasteiger charge is 2.24. The fourth-order valence-electron chi connectivity index (χ4n) is 1.63. The maximum absolute atomic E-state index is 12.3. The minimum Gasteiger partial charge on any atom is -0.318 e. The Kier molecular flexibility index (Phi) is 5.43. The standard InChI is InChI=1S/C11H18N4O4S/c1-3-4-7-14(2)20(18,19)9-5-6-10(13-12)11(8-9)15(16)17/h5-6,8,13H,3-4,7,12H2,1-2H3. The highest BCUT2D eigenvalue weighted by atomic mass is 32.2. The lowest BCUT2D eigenvalue weighted by Gasteiger charge is -2.17. The van der Waals surface area contributed by atoms with E-state index in [1.807, 2.05) is 6.92 Å². The van der Waals surface area contributed by atoms with Crippen LogP contribution in [0.2, 0.25) is 0 Å². The van der Waals surface area contributed by atoms with Crippen molar-refractivity contribution >= 4 is 21.4 Å². The Morgan fingerprint density at radius 1 is 1.45 bits per heavy atom. The zero-order valence-electron chi connectivity index (χ0n) is 11.4. The van der Waals surface area contributed by atoms with Gasteiger partial charge in [0, 0.05) is 19.7 Å². The summed E-state index contributed by atoms with van der Waals surface area (Å²) in [6.45, 7) is 2.32. The summed E-state index contributed by atoms with van der Waals surface area (Å²) in [5, 5.41) is 10.9. The summed E-state index contributed by atoms with van der Waals surface area (Å²) in [7, 11) is -2.28. The van der Waals surface area contributed by atoms with Gasteiger partial charge in [0.2, 0.25) is 10.0 Å². The van der Waals surface area contributed by atoms with Gasteiger partial charge in [-0.1, -0.05) is 13.3 Å². The number of hydrogen-bond donors (Lipinski definition) is 2. The van der Waals surface area contributed by atoms with E-state index in [9.17, 15) is 18.5 Å². The summed E-state index contributed by atoms with van der Waals surface area (Å²) in [6.07, 6.45) is 1.58. The molecule has 0 radical (unpaired) electrons. The zero-order valence-corrected chi connectivity index (χ0v) is 12.2. The van der Waals surface area contributed by atoms with E-state index < -0.39 is 14.9 Å². The van der Waals surface area contributed by atoms with Crippen LogP contribution in [0.1, 0.15) is 19.8 Å². The normalized spacial score (nSPS) is 11.6. The van der Waals surface area contributed by atoms with Gasteiger partial charge in [-0.3, -0.25) is 16.0 Å². The Balaban J connectivity index is 3.19. The molecule has 0 aromatic heterocycles. The molecule has 0 spiro atoms. The molecule has 0 aliphatic heterocycles. The van der Waals surface area contributed by atoms with E-state index in [-0.39, 0.29) is 16.3 Å². The van der Waals surface area contributed by atoms with Crippen molar-refractivity contribution in [2.45, 2.75) is 24.7 Å². The minimum absolute atomic E-state index is 0.0603. The predicted molar refractivity (Wildman–Crippen MR) is 75.6 cm³/mol. The van der Waals surface area contributed by atoms with Gasteiger partial charge in [-0.15, -0.1) is 0 Å². The highest BCUT2D eigenvalue weighted by molar-refractivity contribution is 7.89. The van der Waals surface area contributed by atoms with Crippen molar-refractivity contribution in [1.82, 2.24) is 4.31 Å². The van der Waals surface area contributed by atoms with E-state index in [4.69, 9.17) is 5.84 Å². The molecule has 1 aromatic rings. The Bertz CT molecular complexity index is 588. The van der Waals surface area contributed by atoms with Crippen molar-refractivity contribution in [3.8, 4) is 0 Å². The lowest BCUT2D eigenvalue weighted by molar-refractivity contribution is -0.384. The number of nitro groups is 1. The molecule has 9 heteroatoms. The molecule has 1 aromatic carbocycles. The molecule has 8 nitrogen and oxygen atoms in total. The third-order valence-corrected chi connectivity index (χ3v) is 4.71. The minimum atomic E-state index is -3.73. The molecule has 0 amide bonds. The number of unbranched alkanes of at least 4 members (excludes halogenated alkanes) is 1. The van der Waals surface area contributed by atoms with E-state index in [1.165, 1.54) is 23.5 Å². The first-order valence-corrected chi connectivity index (χ1v) is 7.50. The number of nitrogens with zero attached hydrogens (tertiary/aromatic N) is 2. The van der Waals surface area contributed by atoms with E-state index in [0.717, 1.165) is 18.9 Å². The number of nitro benzene ring substituents is 1. The number of nitrogens with one attached hydrogen (secondary N) is 1. The number of hydrogen-bond acceptors (Lipinski definition) is 6. The van der Waals surface area contributed by atoms with Crippen molar-refractivity contribution in [3.63, 3.8) is 0 Å². The van der Waals surface area contributed by atoms with Crippen LogP contribution in [0.15, 0.2) is 23.1 Å². The maximum atomic E-state index is 12.3. The molecule has 0 unspecified atom stereocenters. The lowest BCUT2D eigenvalue weighted by atomic mass is 10.3. The van der Waals surface area contributed by atoms with Crippen molar-refractivity contribution in [3.05, 3.63) is 28.3 Å². The number of hydrazine groups is 1. The Morgan fingerprint density at radius 3 is 2.60 bits per heavy atom. The van der Waals surface area contributed by atoms with Crippen LogP contribution < -0.4 is 11.3 Å². The molecular weight excluding hydrogens is 284 g/mol. The van der Waals surface area contributed by atoms with E-state index >= 15 is 0 Å². The first kappa shape index (κ1) is 16.3. The number of rotatable bonds is 7. The van der Waals surface area contributed by atoms with Crippen LogP contribution in [-0.4, -0.2) is 31.2 Å². The van der Waals surface area contributed by atoms with Crippen LogP contribution in [0.4, 0.5) is 11.4 Å². The van der Waals surface area contributed by atoms with Gasteiger partial charge in [-0.05, 0) is 18.6 Å². The molecule has 112 valence electrons. The maximum Gasteiger partial charge on any atom is 0.294 e. The van der Waals surface area contributed by atoms with E-state index in [0.29, 0.717) is 6.54 Å². The van der Waals surface area contributed by atoms with Crippen LogP contribution in [0, 0.1) is 10.1 Å². The Hall–Kier alpha value is -1.71. The van der Waals surface area contributed by atoms with E-state index in [1.54, 1.807) is 0 Å². The Labute approximate surface area is 117 Å². The number of benzene rings is 1. The smallest absolute Gasteiger partial charge is 0.294 e. The fraction of sp³-hybridized carbons (Fsp3) is 0.455. The number of nitrogen functional groups attached to an aromatic ring is 1. The summed E-state index contributed by atoms with van der Waals surface area (Å²) in [6, 6.07) is 3.58. The second-order valence-electron chi connectivity index (χ2n) is 4.26. The third-order valence-electron chi connectivity index (χ3n) is 2.86. The molecule has 0 saturated heterocycles. The summed E-state index contributed by atoms with van der Waals surface area (Å²) in [4.78, 5) is 10.1. The van der Waals surface area contributed by atoms with Crippen LogP contribution in [0.5, 0.6) is 0 Å². The highest BCUT2D eigenvalue weighted by Crippen LogP contribution is 2.28. The first-order valence-electron chi connectivity index (χ1n) is 6.06. The topological polar surface area (TPSA) is 119 Å². The predicted octanol–water partition coefficient (Wildman–Crippen LogP) is 1.30. The molecule has 0 aliphatic carbocycles. The van der Waals surface area contributed by atoms with Gasteiger partial charge in [0.25, 0.3) is 5.69 Å². The van der Waals surface area contributed by atoms with Crippen LogP contribution in [-0.2, 0) is 10.0 Å². The average Bonchev–Trinajstić information content (AvgIpc) is 2.43. The molecular formula is C11H18N4O4S. The van der Waals surface area contributed by atoms with Crippen molar-refractivity contribution < 1.29 is 13.3 Å². The van der Waals surface area contributed by atoms with Gasteiger partial charge in [-0.25, -0.2) is 12.7 Å². The van der Waals surface area contributed by atoms with Crippen molar-refractivity contribution in [2.75, 3.05) is 19.0 Å². The molecule has 1 rings (SSSR count). The second-order valence-corrected chi connectivity index (χ2v) is 6.31. The largest absolute Gasteiger partial charge is 0.318 e. The molecule has 20 heavy (non-hydrogen) atoms. The first-order chi connectivity index (χ1) is 9.34. The van der Waals surface area contributed by atoms with Gasteiger partial charge in [0.05, 0.1) is 9.82 Å². The van der Waals surface area contributed by atoms with Crippen molar-refractivity contribution in [1.29, 1.82) is 0 Å². The summed E-state index contributed by atoms with van der Waals surface area (Å²) in [5.41, 5.74) is 1.85. The monoisotopic (exact) mass is 302 g/mol. The van der Waals surface area contributed by atoms with Gasteiger partial charge >= 0.3 is 0 Å². The fourth-order valence-corrected chi connectivity index (χ4v) is 2.86. The molecule has 3 N–H and O–H groups in total. The number of nitrogens with two attached hydrogens (primary N) is 1. The van der Waals surface area contributed by atoms with Crippen LogP contribution >= 0.6 is 0 Å². The quantitative estimate of drug-likeness (QED) is 0.445. The summed E-state index contributed by atoms with van der Waals surface area (Å²) < 4.78 is 25.7. The zero-order chi connectivity index (χ0) is 15.3. The van der Waals surface area contributed by atoms with Gasteiger partial charge in [0.1, 0.15) is 5.69 Å². The molecule has 0 fully saturated rings. The molecule has 0 bridgehead atoms. The SMILES string of the molecule is CCCCN(C)S(=O)(=O)c1ccc(NN)c([N+](=O)[O-])c1. The van der Waals surface area contributed by atoms with Gasteiger partial charge in [-0.2, -0.15) is 0 Å². The van der Waals surface area contributed by atoms with Crippen LogP contribution in [0.25, 0.3) is 0 Å². The molecule has 0 aliphatic rings.